The Labute approximate surface area is 118 Å². The number of rotatable bonds is 3. The van der Waals surface area contributed by atoms with Crippen LogP contribution in [0.4, 0.5) is 5.69 Å². The van der Waals surface area contributed by atoms with Crippen molar-refractivity contribution >= 4 is 11.6 Å². The quantitative estimate of drug-likeness (QED) is 0.898. The fraction of sp³-hybridized carbons (Fsp3) is 0.250. The van der Waals surface area contributed by atoms with Crippen molar-refractivity contribution in [2.75, 3.05) is 5.32 Å². The summed E-state index contributed by atoms with van der Waals surface area (Å²) in [4.78, 5) is 15.6. The second-order valence-corrected chi connectivity index (χ2v) is 5.24. The number of amides is 1. The smallest absolute Gasteiger partial charge is 0.221 e. The molecule has 1 aliphatic carbocycles. The lowest BCUT2D eigenvalue weighted by molar-refractivity contribution is -0.114. The van der Waals surface area contributed by atoms with Crippen LogP contribution < -0.4 is 11.1 Å². The normalized spacial score (nSPS) is 20.5. The first-order chi connectivity index (χ1) is 9.63. The van der Waals surface area contributed by atoms with Crippen LogP contribution in [0.3, 0.4) is 0 Å². The molecular formula is C16H17N3O. The van der Waals surface area contributed by atoms with Crippen LogP contribution in [0.5, 0.6) is 0 Å². The molecular weight excluding hydrogens is 250 g/mol. The lowest BCUT2D eigenvalue weighted by Gasteiger charge is -2.06. The van der Waals surface area contributed by atoms with Gasteiger partial charge in [-0.3, -0.25) is 9.78 Å². The van der Waals surface area contributed by atoms with Crippen molar-refractivity contribution in [2.45, 2.75) is 25.3 Å². The molecule has 2 aromatic rings. The number of pyridine rings is 1. The van der Waals surface area contributed by atoms with Gasteiger partial charge >= 0.3 is 0 Å². The molecule has 3 rings (SSSR count). The third kappa shape index (κ3) is 2.70. The molecule has 0 saturated heterocycles. The van der Waals surface area contributed by atoms with Crippen LogP contribution in [0.15, 0.2) is 42.6 Å². The molecule has 1 fully saturated rings. The highest BCUT2D eigenvalue weighted by molar-refractivity contribution is 5.89. The summed E-state index contributed by atoms with van der Waals surface area (Å²) in [6.07, 6.45) is 2.96. The Bertz CT molecular complexity index is 636. The average Bonchev–Trinajstić information content (AvgIpc) is 3.16. The van der Waals surface area contributed by atoms with E-state index in [1.807, 2.05) is 36.5 Å². The van der Waals surface area contributed by atoms with Crippen molar-refractivity contribution in [1.82, 2.24) is 4.98 Å². The highest BCUT2D eigenvalue weighted by Gasteiger charge is 2.34. The average molecular weight is 267 g/mol. The number of nitrogens with zero attached hydrogens (tertiary/aromatic N) is 1. The Morgan fingerprint density at radius 2 is 2.15 bits per heavy atom. The minimum absolute atomic E-state index is 0.0758. The molecule has 3 N–H and O–H groups in total. The molecule has 1 aromatic heterocycles. The van der Waals surface area contributed by atoms with Gasteiger partial charge in [0.25, 0.3) is 0 Å². The van der Waals surface area contributed by atoms with Crippen LogP contribution >= 0.6 is 0 Å². The zero-order chi connectivity index (χ0) is 14.1. The van der Waals surface area contributed by atoms with Crippen molar-refractivity contribution < 1.29 is 4.79 Å². The van der Waals surface area contributed by atoms with Gasteiger partial charge in [0, 0.05) is 36.3 Å². The Hall–Kier alpha value is -2.20. The monoisotopic (exact) mass is 267 g/mol. The fourth-order valence-electron chi connectivity index (χ4n) is 2.35. The number of anilines is 1. The molecule has 0 radical (unpaired) electrons. The van der Waals surface area contributed by atoms with E-state index in [1.165, 1.54) is 12.5 Å². The maximum absolute atomic E-state index is 11.1. The molecule has 1 heterocycles. The fourth-order valence-corrected chi connectivity index (χ4v) is 2.35. The zero-order valence-corrected chi connectivity index (χ0v) is 11.3. The minimum Gasteiger partial charge on any atom is -0.327 e. The van der Waals surface area contributed by atoms with Gasteiger partial charge in [0.2, 0.25) is 5.91 Å². The van der Waals surface area contributed by atoms with Crippen LogP contribution in [-0.4, -0.2) is 16.9 Å². The minimum atomic E-state index is -0.0758. The van der Waals surface area contributed by atoms with Gasteiger partial charge in [0.1, 0.15) is 0 Å². The van der Waals surface area contributed by atoms with Crippen molar-refractivity contribution in [3.05, 3.63) is 48.2 Å². The van der Waals surface area contributed by atoms with E-state index in [-0.39, 0.29) is 5.91 Å². The van der Waals surface area contributed by atoms with Crippen LogP contribution in [0, 0.1) is 0 Å². The summed E-state index contributed by atoms with van der Waals surface area (Å²) in [5.74, 6) is 0.399. The van der Waals surface area contributed by atoms with E-state index < -0.39 is 0 Å². The number of carbonyl (C=O) groups is 1. The third-order valence-electron chi connectivity index (χ3n) is 3.53. The molecule has 0 bridgehead atoms. The Morgan fingerprint density at radius 1 is 1.35 bits per heavy atom. The van der Waals surface area contributed by atoms with Gasteiger partial charge in [-0.25, -0.2) is 0 Å². The van der Waals surface area contributed by atoms with Gasteiger partial charge in [-0.05, 0) is 30.2 Å². The number of aromatic nitrogens is 1. The molecule has 0 aliphatic heterocycles. The van der Waals surface area contributed by atoms with Gasteiger partial charge in [-0.15, -0.1) is 0 Å². The maximum Gasteiger partial charge on any atom is 0.221 e. The first-order valence-corrected chi connectivity index (χ1v) is 6.73. The van der Waals surface area contributed by atoms with Gasteiger partial charge in [0.05, 0.1) is 5.69 Å². The Kier molecular flexibility index (Phi) is 3.24. The molecule has 2 atom stereocenters. The molecule has 20 heavy (non-hydrogen) atoms. The zero-order valence-electron chi connectivity index (χ0n) is 11.3. The molecule has 4 heteroatoms. The summed E-state index contributed by atoms with van der Waals surface area (Å²) < 4.78 is 0. The summed E-state index contributed by atoms with van der Waals surface area (Å²) >= 11 is 0. The number of hydrogen-bond acceptors (Lipinski definition) is 3. The molecule has 0 spiro atoms. The lowest BCUT2D eigenvalue weighted by Crippen LogP contribution is -2.05. The van der Waals surface area contributed by atoms with E-state index in [1.54, 1.807) is 0 Å². The first kappa shape index (κ1) is 12.8. The number of carbonyl (C=O) groups excluding carboxylic acids is 1. The van der Waals surface area contributed by atoms with Crippen LogP contribution in [-0.2, 0) is 4.79 Å². The summed E-state index contributed by atoms with van der Waals surface area (Å²) in [6.45, 7) is 1.50. The predicted molar refractivity (Wildman–Crippen MR) is 79.3 cm³/mol. The number of hydrogen-bond donors (Lipinski definition) is 2. The maximum atomic E-state index is 11.1. The molecule has 1 saturated carbocycles. The summed E-state index contributed by atoms with van der Waals surface area (Å²) in [6, 6.07) is 12.1. The van der Waals surface area contributed by atoms with E-state index in [4.69, 9.17) is 5.73 Å². The van der Waals surface area contributed by atoms with E-state index in [9.17, 15) is 4.79 Å². The standard InChI is InChI=1S/C16H17N3O/c1-10(20)19-13-4-2-3-11(7-13)16-6-5-12(9-18-16)14-8-15(14)17/h2-7,9,14-15H,8,17H2,1H3,(H,19,20). The third-order valence-corrected chi connectivity index (χ3v) is 3.53. The molecule has 1 aliphatic rings. The molecule has 2 unspecified atom stereocenters. The highest BCUT2D eigenvalue weighted by Crippen LogP contribution is 2.38. The first-order valence-electron chi connectivity index (χ1n) is 6.73. The van der Waals surface area contributed by atoms with Crippen molar-refractivity contribution in [3.63, 3.8) is 0 Å². The lowest BCUT2D eigenvalue weighted by atomic mass is 10.1. The van der Waals surface area contributed by atoms with Gasteiger partial charge in [-0.1, -0.05) is 18.2 Å². The molecule has 1 amide bonds. The summed E-state index contributed by atoms with van der Waals surface area (Å²) in [7, 11) is 0. The van der Waals surface area contributed by atoms with Crippen molar-refractivity contribution in [1.29, 1.82) is 0 Å². The van der Waals surface area contributed by atoms with Gasteiger partial charge < -0.3 is 11.1 Å². The number of nitrogens with one attached hydrogen (secondary N) is 1. The van der Waals surface area contributed by atoms with E-state index >= 15 is 0 Å². The summed E-state index contributed by atoms with van der Waals surface area (Å²) in [5.41, 5.74) is 9.72. The largest absolute Gasteiger partial charge is 0.327 e. The molecule has 4 nitrogen and oxygen atoms in total. The van der Waals surface area contributed by atoms with E-state index in [0.29, 0.717) is 12.0 Å². The van der Waals surface area contributed by atoms with Crippen molar-refractivity contribution in [3.8, 4) is 11.3 Å². The van der Waals surface area contributed by atoms with Crippen LogP contribution in [0.2, 0.25) is 0 Å². The van der Waals surface area contributed by atoms with E-state index in [2.05, 4.69) is 16.4 Å². The van der Waals surface area contributed by atoms with Crippen LogP contribution in [0.25, 0.3) is 11.3 Å². The topological polar surface area (TPSA) is 68.0 Å². The molecule has 102 valence electrons. The number of nitrogens with two attached hydrogens (primary N) is 1. The van der Waals surface area contributed by atoms with Crippen LogP contribution in [0.1, 0.15) is 24.8 Å². The second kappa shape index (κ2) is 5.06. The van der Waals surface area contributed by atoms with Gasteiger partial charge in [0.15, 0.2) is 0 Å². The summed E-state index contributed by atoms with van der Waals surface area (Å²) in [5, 5.41) is 2.78. The van der Waals surface area contributed by atoms with Gasteiger partial charge in [-0.2, -0.15) is 0 Å². The van der Waals surface area contributed by atoms with Crippen molar-refractivity contribution in [2.24, 2.45) is 5.73 Å². The number of benzene rings is 1. The Balaban J connectivity index is 1.83. The molecule has 1 aromatic carbocycles. The highest BCUT2D eigenvalue weighted by atomic mass is 16.1. The predicted octanol–water partition coefficient (Wildman–Crippen LogP) is 2.52. The SMILES string of the molecule is CC(=O)Nc1cccc(-c2ccc(C3CC3N)cn2)c1. The second-order valence-electron chi connectivity index (χ2n) is 5.24. The van der Waals surface area contributed by atoms with E-state index in [0.717, 1.165) is 23.4 Å². The Morgan fingerprint density at radius 3 is 2.75 bits per heavy atom.